The van der Waals surface area contributed by atoms with E-state index < -0.39 is 17.3 Å². The number of rotatable bonds is 3. The van der Waals surface area contributed by atoms with Gasteiger partial charge in [-0.05, 0) is 43.3 Å². The summed E-state index contributed by atoms with van der Waals surface area (Å²) >= 11 is 0. The molecule has 3 aromatic rings. The zero-order chi connectivity index (χ0) is 16.4. The Morgan fingerprint density at radius 3 is 2.48 bits per heavy atom. The number of esters is 1. The number of carbonyl (C=O) groups excluding carboxylic acids is 1. The first kappa shape index (κ1) is 14.8. The maximum atomic E-state index is 12.5. The van der Waals surface area contributed by atoms with Gasteiger partial charge in [0.25, 0.3) is 5.56 Å². The fraction of sp³-hybridized carbons (Fsp3) is 0.118. The van der Waals surface area contributed by atoms with Gasteiger partial charge in [-0.2, -0.15) is 0 Å². The summed E-state index contributed by atoms with van der Waals surface area (Å²) in [7, 11) is 0. The molecule has 0 aliphatic carbocycles. The van der Waals surface area contributed by atoms with Gasteiger partial charge in [0.1, 0.15) is 5.58 Å². The van der Waals surface area contributed by atoms with Gasteiger partial charge < -0.3 is 9.15 Å². The normalized spacial score (nSPS) is 10.7. The molecular formula is C17H13NO5. The molecule has 0 N–H and O–H groups in total. The third kappa shape index (κ3) is 2.66. The summed E-state index contributed by atoms with van der Waals surface area (Å²) in [6.07, 6.45) is 0. The second kappa shape index (κ2) is 5.92. The quantitative estimate of drug-likeness (QED) is 0.692. The maximum Gasteiger partial charge on any atom is 0.426 e. The van der Waals surface area contributed by atoms with E-state index in [1.54, 1.807) is 31.2 Å². The van der Waals surface area contributed by atoms with Crippen LogP contribution in [0.2, 0.25) is 0 Å². The number of carbonyl (C=O) groups is 1. The molecule has 6 nitrogen and oxygen atoms in total. The lowest BCUT2D eigenvalue weighted by Crippen LogP contribution is -2.30. The van der Waals surface area contributed by atoms with Crippen molar-refractivity contribution in [2.45, 2.75) is 6.92 Å². The standard InChI is InChI=1S/C17H13NO5/c1-2-22-16(20)11-7-9-12(10-8-11)18-15(19)13-5-3-4-6-14(13)23-17(18)21/h3-10H,2H2,1H3. The second-order valence-corrected chi connectivity index (χ2v) is 4.77. The monoisotopic (exact) mass is 311 g/mol. The smallest absolute Gasteiger partial charge is 0.426 e. The average molecular weight is 311 g/mol. The van der Waals surface area contributed by atoms with Crippen LogP contribution in [0.4, 0.5) is 0 Å². The van der Waals surface area contributed by atoms with Gasteiger partial charge in [-0.1, -0.05) is 12.1 Å². The van der Waals surface area contributed by atoms with Crippen molar-refractivity contribution in [1.82, 2.24) is 4.57 Å². The summed E-state index contributed by atoms with van der Waals surface area (Å²) in [4.78, 5) is 36.2. The van der Waals surface area contributed by atoms with Crippen molar-refractivity contribution in [3.05, 3.63) is 75.0 Å². The number of nitrogens with zero attached hydrogens (tertiary/aromatic N) is 1. The molecule has 1 heterocycles. The molecule has 0 aliphatic rings. The number of para-hydroxylation sites is 1. The Labute approximate surface area is 130 Å². The first-order valence-electron chi connectivity index (χ1n) is 7.04. The van der Waals surface area contributed by atoms with E-state index in [1.165, 1.54) is 24.3 Å². The lowest BCUT2D eigenvalue weighted by atomic mass is 10.2. The molecule has 0 amide bonds. The predicted molar refractivity (Wildman–Crippen MR) is 84.0 cm³/mol. The van der Waals surface area contributed by atoms with Crippen molar-refractivity contribution < 1.29 is 13.9 Å². The van der Waals surface area contributed by atoms with Crippen LogP contribution in [-0.2, 0) is 4.74 Å². The van der Waals surface area contributed by atoms with Crippen LogP contribution in [0.15, 0.2) is 62.5 Å². The lowest BCUT2D eigenvalue weighted by Gasteiger charge is -2.06. The van der Waals surface area contributed by atoms with Crippen molar-refractivity contribution in [3.8, 4) is 5.69 Å². The van der Waals surface area contributed by atoms with Crippen LogP contribution in [0.1, 0.15) is 17.3 Å². The van der Waals surface area contributed by atoms with Gasteiger partial charge in [0.15, 0.2) is 0 Å². The Hall–Kier alpha value is -3.15. The predicted octanol–water partition coefficient (Wildman–Crippen LogP) is 2.12. The van der Waals surface area contributed by atoms with E-state index in [4.69, 9.17) is 9.15 Å². The fourth-order valence-electron chi connectivity index (χ4n) is 2.26. The van der Waals surface area contributed by atoms with Crippen molar-refractivity contribution in [3.63, 3.8) is 0 Å². The molecule has 0 atom stereocenters. The van der Waals surface area contributed by atoms with E-state index >= 15 is 0 Å². The molecule has 0 radical (unpaired) electrons. The molecule has 0 bridgehead atoms. The van der Waals surface area contributed by atoms with Crippen LogP contribution in [0.5, 0.6) is 0 Å². The van der Waals surface area contributed by atoms with E-state index in [2.05, 4.69) is 0 Å². The van der Waals surface area contributed by atoms with Gasteiger partial charge in [-0.15, -0.1) is 0 Å². The minimum Gasteiger partial charge on any atom is -0.462 e. The average Bonchev–Trinajstić information content (AvgIpc) is 2.56. The van der Waals surface area contributed by atoms with Gasteiger partial charge in [0, 0.05) is 0 Å². The highest BCUT2D eigenvalue weighted by atomic mass is 16.5. The molecule has 23 heavy (non-hydrogen) atoms. The van der Waals surface area contributed by atoms with Crippen molar-refractivity contribution in [1.29, 1.82) is 0 Å². The zero-order valence-electron chi connectivity index (χ0n) is 12.3. The van der Waals surface area contributed by atoms with Gasteiger partial charge >= 0.3 is 11.7 Å². The maximum absolute atomic E-state index is 12.5. The van der Waals surface area contributed by atoms with Crippen molar-refractivity contribution in [2.24, 2.45) is 0 Å². The minimum atomic E-state index is -0.780. The Kier molecular flexibility index (Phi) is 3.80. The molecule has 2 aromatic carbocycles. The summed E-state index contributed by atoms with van der Waals surface area (Å²) in [5.41, 5.74) is 0.430. The summed E-state index contributed by atoms with van der Waals surface area (Å²) in [5, 5.41) is 0.307. The molecule has 0 saturated carbocycles. The van der Waals surface area contributed by atoms with E-state index in [0.717, 1.165) is 4.57 Å². The molecule has 0 fully saturated rings. The lowest BCUT2D eigenvalue weighted by molar-refractivity contribution is 0.0526. The molecule has 6 heteroatoms. The number of aromatic nitrogens is 1. The van der Waals surface area contributed by atoms with E-state index in [9.17, 15) is 14.4 Å². The fourth-order valence-corrected chi connectivity index (χ4v) is 2.26. The highest BCUT2D eigenvalue weighted by molar-refractivity contribution is 5.89. The Bertz CT molecular complexity index is 982. The number of ether oxygens (including phenoxy) is 1. The summed E-state index contributed by atoms with van der Waals surface area (Å²) in [6, 6.07) is 12.5. The number of fused-ring (bicyclic) bond motifs is 1. The zero-order valence-corrected chi connectivity index (χ0v) is 12.3. The van der Waals surface area contributed by atoms with E-state index in [1.807, 2.05) is 0 Å². The molecule has 0 aliphatic heterocycles. The van der Waals surface area contributed by atoms with Gasteiger partial charge in [0.05, 0.1) is 23.2 Å². The first-order valence-corrected chi connectivity index (χ1v) is 7.04. The van der Waals surface area contributed by atoms with Crippen LogP contribution in [0.25, 0.3) is 16.7 Å². The van der Waals surface area contributed by atoms with E-state index in [-0.39, 0.29) is 12.2 Å². The van der Waals surface area contributed by atoms with Crippen LogP contribution < -0.4 is 11.3 Å². The molecule has 0 spiro atoms. The van der Waals surface area contributed by atoms with E-state index in [0.29, 0.717) is 16.6 Å². The molecule has 0 unspecified atom stereocenters. The topological polar surface area (TPSA) is 78.5 Å². The summed E-state index contributed by atoms with van der Waals surface area (Å²) in [5.74, 6) is -1.24. The largest absolute Gasteiger partial charge is 0.462 e. The van der Waals surface area contributed by atoms with Crippen molar-refractivity contribution in [2.75, 3.05) is 6.61 Å². The number of hydrogen-bond acceptors (Lipinski definition) is 5. The summed E-state index contributed by atoms with van der Waals surface area (Å²) < 4.78 is 11.0. The first-order chi connectivity index (χ1) is 11.1. The highest BCUT2D eigenvalue weighted by Gasteiger charge is 2.12. The van der Waals surface area contributed by atoms with Crippen LogP contribution in [0.3, 0.4) is 0 Å². The molecule has 116 valence electrons. The Balaban J connectivity index is 2.12. The summed E-state index contributed by atoms with van der Waals surface area (Å²) in [6.45, 7) is 1.99. The molecule has 1 aromatic heterocycles. The number of benzene rings is 2. The Morgan fingerprint density at radius 2 is 1.78 bits per heavy atom. The van der Waals surface area contributed by atoms with Gasteiger partial charge in [0.2, 0.25) is 0 Å². The molecular weight excluding hydrogens is 298 g/mol. The Morgan fingerprint density at radius 1 is 1.09 bits per heavy atom. The highest BCUT2D eigenvalue weighted by Crippen LogP contribution is 2.11. The molecule has 3 rings (SSSR count). The number of hydrogen-bond donors (Lipinski definition) is 0. The SMILES string of the molecule is CCOC(=O)c1ccc(-n2c(=O)oc3ccccc3c2=O)cc1. The van der Waals surface area contributed by atoms with Crippen LogP contribution in [-0.4, -0.2) is 17.1 Å². The third-order valence-electron chi connectivity index (χ3n) is 3.34. The third-order valence-corrected chi connectivity index (χ3v) is 3.34. The molecule has 0 saturated heterocycles. The van der Waals surface area contributed by atoms with Gasteiger partial charge in [-0.25, -0.2) is 14.2 Å². The van der Waals surface area contributed by atoms with Crippen LogP contribution in [0, 0.1) is 0 Å². The van der Waals surface area contributed by atoms with Gasteiger partial charge in [-0.3, -0.25) is 4.79 Å². The minimum absolute atomic E-state index is 0.238. The van der Waals surface area contributed by atoms with Crippen molar-refractivity contribution >= 4 is 16.9 Å². The second-order valence-electron chi connectivity index (χ2n) is 4.77. The van der Waals surface area contributed by atoms with Crippen LogP contribution >= 0.6 is 0 Å².